The van der Waals surface area contributed by atoms with Crippen molar-refractivity contribution in [3.05, 3.63) is 59.2 Å². The molecule has 1 aliphatic heterocycles. The lowest BCUT2D eigenvalue weighted by Gasteiger charge is -2.24. The number of anilines is 1. The second-order valence-electron chi connectivity index (χ2n) is 8.13. The van der Waals surface area contributed by atoms with Crippen LogP contribution >= 0.6 is 11.3 Å². The first-order valence-corrected chi connectivity index (χ1v) is 11.0. The second-order valence-corrected chi connectivity index (χ2v) is 9.10. The molecule has 0 bridgehead atoms. The molecule has 5 nitrogen and oxygen atoms in total. The SMILES string of the molecule is Cc1cc(C)c2sc(N(Cc3ccccc3)C(=O)C3CC(=O)N(CC(F)(F)F)C3)nc2c1. The Balaban J connectivity index is 1.66. The fraction of sp³-hybridized carbons (Fsp3) is 0.348. The van der Waals surface area contributed by atoms with Crippen molar-refractivity contribution in [2.75, 3.05) is 18.0 Å². The molecule has 1 fully saturated rings. The van der Waals surface area contributed by atoms with Gasteiger partial charge in [0.25, 0.3) is 0 Å². The zero-order valence-electron chi connectivity index (χ0n) is 17.6. The Hall–Kier alpha value is -2.94. The van der Waals surface area contributed by atoms with Crippen LogP contribution in [0.4, 0.5) is 18.3 Å². The van der Waals surface area contributed by atoms with Gasteiger partial charge in [-0.15, -0.1) is 0 Å². The number of nitrogens with zero attached hydrogens (tertiary/aromatic N) is 3. The van der Waals surface area contributed by atoms with Crippen molar-refractivity contribution < 1.29 is 22.8 Å². The Labute approximate surface area is 187 Å². The van der Waals surface area contributed by atoms with E-state index in [1.807, 2.05) is 56.3 Å². The molecule has 1 aliphatic rings. The third kappa shape index (κ3) is 4.77. The highest BCUT2D eigenvalue weighted by molar-refractivity contribution is 7.22. The number of alkyl halides is 3. The lowest BCUT2D eigenvalue weighted by atomic mass is 10.1. The van der Waals surface area contributed by atoms with Crippen LogP contribution in [-0.2, 0) is 16.1 Å². The number of halogens is 3. The van der Waals surface area contributed by atoms with Gasteiger partial charge in [0.05, 0.1) is 22.7 Å². The van der Waals surface area contributed by atoms with Crippen molar-refractivity contribution in [3.8, 4) is 0 Å². The van der Waals surface area contributed by atoms with Crippen molar-refractivity contribution >= 4 is 38.5 Å². The molecule has 2 heterocycles. The van der Waals surface area contributed by atoms with Gasteiger partial charge >= 0.3 is 6.18 Å². The van der Waals surface area contributed by atoms with E-state index in [1.54, 1.807) is 0 Å². The van der Waals surface area contributed by atoms with Crippen LogP contribution in [0.25, 0.3) is 10.2 Å². The lowest BCUT2D eigenvalue weighted by Crippen LogP contribution is -2.39. The van der Waals surface area contributed by atoms with Crippen molar-refractivity contribution in [1.82, 2.24) is 9.88 Å². The zero-order valence-corrected chi connectivity index (χ0v) is 18.5. The van der Waals surface area contributed by atoms with Crippen LogP contribution in [0.15, 0.2) is 42.5 Å². The first kappa shape index (κ1) is 22.3. The van der Waals surface area contributed by atoms with Crippen molar-refractivity contribution in [2.45, 2.75) is 33.0 Å². The summed E-state index contributed by atoms with van der Waals surface area (Å²) < 4.78 is 39.4. The maximum atomic E-state index is 13.5. The van der Waals surface area contributed by atoms with Gasteiger partial charge in [0, 0.05) is 13.0 Å². The summed E-state index contributed by atoms with van der Waals surface area (Å²) in [5.74, 6) is -1.89. The van der Waals surface area contributed by atoms with Crippen LogP contribution < -0.4 is 4.90 Å². The summed E-state index contributed by atoms with van der Waals surface area (Å²) >= 11 is 1.37. The summed E-state index contributed by atoms with van der Waals surface area (Å²) in [4.78, 5) is 32.5. The van der Waals surface area contributed by atoms with Crippen LogP contribution in [0.1, 0.15) is 23.1 Å². The third-order valence-electron chi connectivity index (χ3n) is 5.42. The number of carbonyl (C=O) groups excluding carboxylic acids is 2. The lowest BCUT2D eigenvalue weighted by molar-refractivity contribution is -0.157. The maximum absolute atomic E-state index is 13.5. The molecule has 1 aromatic heterocycles. The normalized spacial score (nSPS) is 16.7. The molecule has 32 heavy (non-hydrogen) atoms. The summed E-state index contributed by atoms with van der Waals surface area (Å²) in [6.07, 6.45) is -4.73. The Morgan fingerprint density at radius 1 is 1.22 bits per heavy atom. The van der Waals surface area contributed by atoms with Gasteiger partial charge in [0.1, 0.15) is 6.54 Å². The quantitative estimate of drug-likeness (QED) is 0.546. The number of fused-ring (bicyclic) bond motifs is 1. The predicted octanol–water partition coefficient (Wildman–Crippen LogP) is 4.86. The monoisotopic (exact) mass is 461 g/mol. The average molecular weight is 462 g/mol. The molecule has 9 heteroatoms. The van der Waals surface area contributed by atoms with E-state index in [-0.39, 0.29) is 25.4 Å². The van der Waals surface area contributed by atoms with Gasteiger partial charge < -0.3 is 4.90 Å². The number of thiazole rings is 1. The Morgan fingerprint density at radius 3 is 2.62 bits per heavy atom. The summed E-state index contributed by atoms with van der Waals surface area (Å²) in [5, 5.41) is 0.476. The van der Waals surface area contributed by atoms with Crippen LogP contribution in [0.3, 0.4) is 0 Å². The molecule has 0 N–H and O–H groups in total. The summed E-state index contributed by atoms with van der Waals surface area (Å²) in [6.45, 7) is 2.59. The third-order valence-corrected chi connectivity index (χ3v) is 6.65. The molecule has 4 rings (SSSR count). The predicted molar refractivity (Wildman–Crippen MR) is 117 cm³/mol. The minimum atomic E-state index is -4.50. The van der Waals surface area contributed by atoms with Gasteiger partial charge in [-0.25, -0.2) is 4.98 Å². The van der Waals surface area contributed by atoms with Gasteiger partial charge in [-0.1, -0.05) is 47.7 Å². The molecule has 0 radical (unpaired) electrons. The number of carbonyl (C=O) groups is 2. The minimum Gasteiger partial charge on any atom is -0.333 e. The van der Waals surface area contributed by atoms with Gasteiger partial charge in [-0.05, 0) is 36.6 Å². The molecular formula is C23H22F3N3O2S. The van der Waals surface area contributed by atoms with E-state index in [1.165, 1.54) is 16.2 Å². The number of benzene rings is 2. The molecule has 1 saturated heterocycles. The number of likely N-dealkylation sites (tertiary alicyclic amines) is 1. The number of rotatable bonds is 5. The summed E-state index contributed by atoms with van der Waals surface area (Å²) in [6, 6.07) is 13.3. The van der Waals surface area contributed by atoms with Crippen molar-refractivity contribution in [3.63, 3.8) is 0 Å². The molecule has 0 saturated carbocycles. The van der Waals surface area contributed by atoms with Gasteiger partial charge in [0.15, 0.2) is 5.13 Å². The highest BCUT2D eigenvalue weighted by Crippen LogP contribution is 2.35. The van der Waals surface area contributed by atoms with Crippen LogP contribution in [0.2, 0.25) is 0 Å². The topological polar surface area (TPSA) is 53.5 Å². The van der Waals surface area contributed by atoms with Crippen LogP contribution in [0, 0.1) is 19.8 Å². The van der Waals surface area contributed by atoms with Crippen LogP contribution in [-0.4, -0.2) is 41.0 Å². The first-order chi connectivity index (χ1) is 15.1. The average Bonchev–Trinajstić information content (AvgIpc) is 3.29. The zero-order chi connectivity index (χ0) is 23.0. The van der Waals surface area contributed by atoms with Crippen molar-refractivity contribution in [2.24, 2.45) is 5.92 Å². The number of aromatic nitrogens is 1. The van der Waals surface area contributed by atoms with E-state index < -0.39 is 24.5 Å². The van der Waals surface area contributed by atoms with E-state index in [0.717, 1.165) is 31.8 Å². The second kappa shape index (κ2) is 8.54. The number of hydrogen-bond donors (Lipinski definition) is 0. The molecule has 2 aromatic carbocycles. The molecule has 2 amide bonds. The van der Waals surface area contributed by atoms with Gasteiger partial charge in [0.2, 0.25) is 11.8 Å². The highest BCUT2D eigenvalue weighted by Gasteiger charge is 2.42. The maximum Gasteiger partial charge on any atom is 0.406 e. The fourth-order valence-electron chi connectivity index (χ4n) is 4.01. The Kier molecular flexibility index (Phi) is 5.94. The van der Waals surface area contributed by atoms with Crippen LogP contribution in [0.5, 0.6) is 0 Å². The molecule has 0 spiro atoms. The standard InChI is InChI=1S/C23H22F3N3O2S/c1-14-8-15(2)20-18(9-14)27-22(32-20)29(11-16-6-4-3-5-7-16)21(31)17-10-19(30)28(12-17)13-23(24,25)26/h3-9,17H,10-13H2,1-2H3. The van der Waals surface area contributed by atoms with Gasteiger partial charge in [-0.2, -0.15) is 13.2 Å². The highest BCUT2D eigenvalue weighted by atomic mass is 32.1. The largest absolute Gasteiger partial charge is 0.406 e. The Bertz CT molecular complexity index is 1160. The molecule has 3 aromatic rings. The van der Waals surface area contributed by atoms with E-state index in [0.29, 0.717) is 5.13 Å². The van der Waals surface area contributed by atoms with E-state index >= 15 is 0 Å². The molecule has 168 valence electrons. The van der Waals surface area contributed by atoms with E-state index in [2.05, 4.69) is 4.98 Å². The summed E-state index contributed by atoms with van der Waals surface area (Å²) in [7, 11) is 0. The Morgan fingerprint density at radius 2 is 1.94 bits per heavy atom. The van der Waals surface area contributed by atoms with Crippen molar-refractivity contribution in [1.29, 1.82) is 0 Å². The number of amides is 2. The molecular weight excluding hydrogens is 439 g/mol. The molecule has 0 aliphatic carbocycles. The van der Waals surface area contributed by atoms with E-state index in [9.17, 15) is 22.8 Å². The van der Waals surface area contributed by atoms with Gasteiger partial charge in [-0.3, -0.25) is 14.5 Å². The summed E-state index contributed by atoms with van der Waals surface area (Å²) in [5.41, 5.74) is 3.74. The first-order valence-electron chi connectivity index (χ1n) is 10.2. The number of hydrogen-bond acceptors (Lipinski definition) is 4. The minimum absolute atomic E-state index is 0.224. The fourth-order valence-corrected chi connectivity index (χ4v) is 5.03. The number of aryl methyl sites for hydroxylation is 2. The molecule has 1 atom stereocenters. The molecule has 1 unspecified atom stereocenters. The smallest absolute Gasteiger partial charge is 0.333 e. The van der Waals surface area contributed by atoms with E-state index in [4.69, 9.17) is 0 Å².